The summed E-state index contributed by atoms with van der Waals surface area (Å²) in [5.74, 6) is 0.230. The molecule has 0 aliphatic rings. The second-order valence-corrected chi connectivity index (χ2v) is 7.46. The third-order valence-electron chi connectivity index (χ3n) is 4.89. The van der Waals surface area contributed by atoms with Gasteiger partial charge in [-0.25, -0.2) is 4.98 Å². The van der Waals surface area contributed by atoms with Gasteiger partial charge >= 0.3 is 6.18 Å². The van der Waals surface area contributed by atoms with Crippen LogP contribution in [-0.4, -0.2) is 59.5 Å². The van der Waals surface area contributed by atoms with Crippen molar-refractivity contribution in [1.82, 2.24) is 14.9 Å². The quantitative estimate of drug-likeness (QED) is 0.528. The monoisotopic (exact) mass is 436 g/mol. The normalized spacial score (nSPS) is 15.0. The van der Waals surface area contributed by atoms with Crippen LogP contribution < -0.4 is 15.6 Å². The van der Waals surface area contributed by atoms with Crippen LogP contribution in [0.4, 0.5) is 18.9 Å². The third-order valence-corrected chi connectivity index (χ3v) is 4.89. The zero-order chi connectivity index (χ0) is 22.8. The van der Waals surface area contributed by atoms with Crippen LogP contribution in [0.25, 0.3) is 10.9 Å². The summed E-state index contributed by atoms with van der Waals surface area (Å²) in [5.41, 5.74) is -2.61. The Bertz CT molecular complexity index is 1100. The molecule has 0 bridgehead atoms. The molecule has 0 aliphatic heterocycles. The molecule has 3 aromatic rings. The minimum absolute atomic E-state index is 0.115. The molecule has 0 radical (unpaired) electrons. The van der Waals surface area contributed by atoms with Crippen molar-refractivity contribution >= 4 is 16.6 Å². The van der Waals surface area contributed by atoms with Crippen molar-refractivity contribution in [3.8, 4) is 5.88 Å². The number of benzene rings is 1. The number of anilines is 1. The summed E-state index contributed by atoms with van der Waals surface area (Å²) in [5, 5.41) is 14.3. The van der Waals surface area contributed by atoms with Crippen molar-refractivity contribution in [2.24, 2.45) is 0 Å². The zero-order valence-electron chi connectivity index (χ0n) is 17.2. The number of rotatable bonds is 7. The highest BCUT2D eigenvalue weighted by atomic mass is 19.4. The average molecular weight is 436 g/mol. The van der Waals surface area contributed by atoms with Gasteiger partial charge in [0.05, 0.1) is 18.7 Å². The number of aromatic amines is 1. The Kier molecular flexibility index (Phi) is 6.23. The van der Waals surface area contributed by atoms with Crippen molar-refractivity contribution in [2.45, 2.75) is 17.8 Å². The second kappa shape index (κ2) is 8.56. The fourth-order valence-corrected chi connectivity index (χ4v) is 3.46. The van der Waals surface area contributed by atoms with Gasteiger partial charge in [-0.3, -0.25) is 4.79 Å². The van der Waals surface area contributed by atoms with Gasteiger partial charge in [-0.2, -0.15) is 13.2 Å². The minimum Gasteiger partial charge on any atom is -0.481 e. The number of nitrogens with one attached hydrogen (secondary N) is 2. The molecule has 0 aliphatic carbocycles. The summed E-state index contributed by atoms with van der Waals surface area (Å²) in [7, 11) is 4.29. The number of ether oxygens (including phenoxy) is 1. The van der Waals surface area contributed by atoms with E-state index in [0.29, 0.717) is 16.6 Å². The van der Waals surface area contributed by atoms with Crippen LogP contribution in [0.1, 0.15) is 11.6 Å². The summed E-state index contributed by atoms with van der Waals surface area (Å²) in [4.78, 5) is 19.5. The molecule has 0 fully saturated rings. The van der Waals surface area contributed by atoms with Gasteiger partial charge in [0, 0.05) is 35.9 Å². The van der Waals surface area contributed by atoms with Gasteiger partial charge in [-0.15, -0.1) is 0 Å². The van der Waals surface area contributed by atoms with E-state index in [-0.39, 0.29) is 17.0 Å². The summed E-state index contributed by atoms with van der Waals surface area (Å²) < 4.78 is 47.6. The lowest BCUT2D eigenvalue weighted by molar-refractivity contribution is -0.270. The Morgan fingerprint density at radius 2 is 1.94 bits per heavy atom. The number of alkyl halides is 3. The van der Waals surface area contributed by atoms with E-state index in [4.69, 9.17) is 4.74 Å². The van der Waals surface area contributed by atoms with E-state index in [0.717, 1.165) is 0 Å². The predicted octanol–water partition coefficient (Wildman–Crippen LogP) is 2.94. The first-order valence-corrected chi connectivity index (χ1v) is 9.37. The number of halogens is 3. The molecule has 2 atom stereocenters. The maximum Gasteiger partial charge on any atom is 0.420 e. The molecule has 3 rings (SSSR count). The van der Waals surface area contributed by atoms with Gasteiger partial charge in [-0.05, 0) is 43.9 Å². The third kappa shape index (κ3) is 4.64. The Balaban J connectivity index is 2.17. The molecule has 31 heavy (non-hydrogen) atoms. The molecule has 7 nitrogen and oxygen atoms in total. The summed E-state index contributed by atoms with van der Waals surface area (Å²) in [6.45, 7) is -0.693. The van der Waals surface area contributed by atoms with Crippen LogP contribution >= 0.6 is 0 Å². The molecule has 3 N–H and O–H groups in total. The number of aromatic nitrogens is 2. The van der Waals surface area contributed by atoms with Gasteiger partial charge in [0.25, 0.3) is 0 Å². The van der Waals surface area contributed by atoms with Gasteiger partial charge < -0.3 is 25.0 Å². The molecular weight excluding hydrogens is 413 g/mol. The Labute approximate surface area is 176 Å². The average Bonchev–Trinajstić information content (AvgIpc) is 2.70. The molecule has 0 spiro atoms. The van der Waals surface area contributed by atoms with Crippen LogP contribution in [-0.2, 0) is 0 Å². The van der Waals surface area contributed by atoms with E-state index in [9.17, 15) is 23.1 Å². The van der Waals surface area contributed by atoms with Gasteiger partial charge in [-0.1, -0.05) is 6.07 Å². The number of pyridine rings is 2. The molecule has 2 heterocycles. The fourth-order valence-electron chi connectivity index (χ4n) is 3.46. The van der Waals surface area contributed by atoms with Gasteiger partial charge in [0.1, 0.15) is 0 Å². The van der Waals surface area contributed by atoms with Crippen LogP contribution in [0, 0.1) is 0 Å². The van der Waals surface area contributed by atoms with Crippen molar-refractivity contribution in [2.75, 3.05) is 33.1 Å². The van der Waals surface area contributed by atoms with Crippen molar-refractivity contribution in [3.05, 3.63) is 64.6 Å². The molecule has 1 aromatic carbocycles. The molecular formula is C21H23F3N4O3. The molecule has 0 saturated carbocycles. The Morgan fingerprint density at radius 3 is 2.52 bits per heavy atom. The Hall–Kier alpha value is -3.11. The smallest absolute Gasteiger partial charge is 0.420 e. The number of hydrogen-bond donors (Lipinski definition) is 3. The Morgan fingerprint density at radius 1 is 1.19 bits per heavy atom. The first kappa shape index (κ1) is 22.6. The first-order valence-electron chi connectivity index (χ1n) is 9.37. The highest BCUT2D eigenvalue weighted by Crippen LogP contribution is 2.43. The second-order valence-electron chi connectivity index (χ2n) is 7.46. The lowest BCUT2D eigenvalue weighted by atomic mass is 9.87. The highest BCUT2D eigenvalue weighted by molar-refractivity contribution is 5.91. The number of likely N-dealkylation sites (N-methyl/N-ethyl adjacent to an activating group) is 1. The SMILES string of the molecule is COc1ccc(C(Nc2cccc3[nH]c(=O)ccc23)C(O)(CN(C)C)C(F)(F)F)cn1. The van der Waals surface area contributed by atoms with Crippen LogP contribution in [0.15, 0.2) is 53.5 Å². The minimum atomic E-state index is -4.96. The standard InChI is InChI=1S/C21H23F3N4O3/c1-28(2)12-20(30,21(22,23)24)19(13-7-10-18(31-3)25-11-13)27-16-6-4-5-15-14(16)8-9-17(29)26-15/h4-11,19,27,30H,12H2,1-3H3,(H,26,29). The van der Waals surface area contributed by atoms with E-state index < -0.39 is 24.4 Å². The summed E-state index contributed by atoms with van der Waals surface area (Å²) in [6, 6.07) is 8.86. The van der Waals surface area contributed by atoms with Crippen molar-refractivity contribution in [3.63, 3.8) is 0 Å². The topological polar surface area (TPSA) is 90.5 Å². The zero-order valence-corrected chi connectivity index (χ0v) is 17.2. The van der Waals surface area contributed by atoms with Gasteiger partial charge in [0.2, 0.25) is 11.4 Å². The van der Waals surface area contributed by atoms with Crippen molar-refractivity contribution < 1.29 is 23.0 Å². The maximum atomic E-state index is 14.2. The summed E-state index contributed by atoms with van der Waals surface area (Å²) >= 11 is 0. The predicted molar refractivity (Wildman–Crippen MR) is 111 cm³/mol. The van der Waals surface area contributed by atoms with E-state index >= 15 is 0 Å². The molecule has 166 valence electrons. The summed E-state index contributed by atoms with van der Waals surface area (Å²) in [6.07, 6.45) is -3.73. The number of hydrogen-bond acceptors (Lipinski definition) is 6. The molecule has 2 unspecified atom stereocenters. The number of nitrogens with zero attached hydrogens (tertiary/aromatic N) is 2. The molecule has 0 saturated heterocycles. The molecule has 2 aromatic heterocycles. The van der Waals surface area contributed by atoms with Gasteiger partial charge in [0.15, 0.2) is 5.60 Å². The molecule has 10 heteroatoms. The van der Waals surface area contributed by atoms with Crippen molar-refractivity contribution in [1.29, 1.82) is 0 Å². The number of aliphatic hydroxyl groups is 1. The van der Waals surface area contributed by atoms with E-state index in [1.165, 1.54) is 56.6 Å². The van der Waals surface area contributed by atoms with Crippen LogP contribution in [0.2, 0.25) is 0 Å². The highest BCUT2D eigenvalue weighted by Gasteiger charge is 2.59. The number of fused-ring (bicyclic) bond motifs is 1. The number of methoxy groups -OCH3 is 1. The lowest BCUT2D eigenvalue weighted by Gasteiger charge is -2.40. The van der Waals surface area contributed by atoms with Crippen LogP contribution in [0.3, 0.4) is 0 Å². The van der Waals surface area contributed by atoms with E-state index in [2.05, 4.69) is 15.3 Å². The maximum absolute atomic E-state index is 14.2. The fraction of sp³-hybridized carbons (Fsp3) is 0.333. The number of H-pyrrole nitrogens is 1. The molecule has 0 amide bonds. The first-order chi connectivity index (χ1) is 14.5. The van der Waals surface area contributed by atoms with E-state index in [1.54, 1.807) is 18.2 Å². The van der Waals surface area contributed by atoms with E-state index in [1.807, 2.05) is 0 Å². The largest absolute Gasteiger partial charge is 0.481 e. The van der Waals surface area contributed by atoms with Crippen LogP contribution in [0.5, 0.6) is 5.88 Å². The lowest BCUT2D eigenvalue weighted by Crippen LogP contribution is -2.58.